The Morgan fingerprint density at radius 3 is 2.09 bits per heavy atom. The van der Waals surface area contributed by atoms with Gasteiger partial charge in [0, 0.05) is 0 Å². The van der Waals surface area contributed by atoms with Crippen LogP contribution in [-0.4, -0.2) is 0 Å². The number of hydrogen-bond acceptors (Lipinski definition) is 0. The molecule has 0 bridgehead atoms. The summed E-state index contributed by atoms with van der Waals surface area (Å²) in [5, 5.41) is 2.66. The summed E-state index contributed by atoms with van der Waals surface area (Å²) in [4.78, 5) is 0. The predicted octanol–water partition coefficient (Wildman–Crippen LogP) is -0.276. The molecule has 0 saturated carbocycles. The Morgan fingerprint density at radius 2 is 1.55 bits per heavy atom. The molecule has 3 heteroatoms. The van der Waals surface area contributed by atoms with Crippen molar-refractivity contribution in [2.24, 2.45) is 0 Å². The van der Waals surface area contributed by atoms with E-state index in [0.717, 1.165) is 0 Å². The minimum Gasteiger partial charge on any atom is -1.00 e. The maximum absolute atomic E-state index is 3.00. The SMILES string of the molecule is C=C.CCC[c-]1cccc1.[Cl-].[Cl-].[Hf+4].c1ccc2[cH-]ccc2c1. The second kappa shape index (κ2) is 16.7. The average molecular weight is 500 g/mol. The van der Waals surface area contributed by atoms with Gasteiger partial charge in [0.05, 0.1) is 0 Å². The molecule has 0 heterocycles. The van der Waals surface area contributed by atoms with E-state index in [1.807, 2.05) is 0 Å². The standard InChI is InChI=1S/C9H7.C8H11.C2H4.2ClH.Hf/c1-2-5-9-7-3-6-8(9)4-1;1-2-5-8-6-3-4-7-8;1-2;;;/h1-7H;3-4,6-7H,2,5H2,1H3;1-2H2;2*1H;/q2*-1;;;;+4/p-2. The zero-order chi connectivity index (χ0) is 13.9. The fraction of sp³-hybridized carbons (Fsp3) is 0.158. The summed E-state index contributed by atoms with van der Waals surface area (Å²) in [5.74, 6) is 0. The van der Waals surface area contributed by atoms with Crippen LogP contribution in [0.15, 0.2) is 79.9 Å². The van der Waals surface area contributed by atoms with Gasteiger partial charge in [0.2, 0.25) is 0 Å². The summed E-state index contributed by atoms with van der Waals surface area (Å²) in [6, 6.07) is 23.2. The molecule has 0 aliphatic rings. The first-order chi connectivity index (χ1) is 9.40. The summed E-state index contributed by atoms with van der Waals surface area (Å²) in [5.41, 5.74) is 1.47. The van der Waals surface area contributed by atoms with Crippen LogP contribution in [0.5, 0.6) is 0 Å². The van der Waals surface area contributed by atoms with Gasteiger partial charge in [-0.1, -0.05) is 25.8 Å². The van der Waals surface area contributed by atoms with Crippen molar-refractivity contribution >= 4 is 10.8 Å². The van der Waals surface area contributed by atoms with Crippen LogP contribution in [0.25, 0.3) is 10.8 Å². The van der Waals surface area contributed by atoms with Crippen molar-refractivity contribution in [3.8, 4) is 0 Å². The van der Waals surface area contributed by atoms with Crippen LogP contribution in [-0.2, 0) is 32.3 Å². The van der Waals surface area contributed by atoms with E-state index < -0.39 is 0 Å². The molecular formula is C19H22Cl2Hf. The van der Waals surface area contributed by atoms with Crippen molar-refractivity contribution in [2.45, 2.75) is 19.8 Å². The zero-order valence-corrected chi connectivity index (χ0v) is 18.0. The van der Waals surface area contributed by atoms with Gasteiger partial charge in [-0.2, -0.15) is 35.2 Å². The minimum absolute atomic E-state index is 0. The molecule has 0 aromatic heterocycles. The number of rotatable bonds is 2. The average Bonchev–Trinajstić information content (AvgIpc) is 3.12. The maximum atomic E-state index is 3.00. The Balaban J connectivity index is -0.000000264. The Kier molecular flexibility index (Phi) is 20.0. The van der Waals surface area contributed by atoms with Crippen LogP contribution in [0.2, 0.25) is 0 Å². The molecule has 0 radical (unpaired) electrons. The van der Waals surface area contributed by atoms with E-state index in [-0.39, 0.29) is 50.7 Å². The molecule has 22 heavy (non-hydrogen) atoms. The zero-order valence-electron chi connectivity index (χ0n) is 12.9. The van der Waals surface area contributed by atoms with E-state index in [1.165, 1.54) is 29.2 Å². The smallest absolute Gasteiger partial charge is 1.00 e. The van der Waals surface area contributed by atoms with Gasteiger partial charge >= 0.3 is 25.8 Å². The van der Waals surface area contributed by atoms with Crippen LogP contribution >= 0.6 is 0 Å². The predicted molar refractivity (Wildman–Crippen MR) is 86.8 cm³/mol. The van der Waals surface area contributed by atoms with Gasteiger partial charge < -0.3 is 24.8 Å². The molecule has 0 aliphatic heterocycles. The quantitative estimate of drug-likeness (QED) is 0.259. The van der Waals surface area contributed by atoms with Crippen LogP contribution in [0.3, 0.4) is 0 Å². The van der Waals surface area contributed by atoms with Crippen LogP contribution < -0.4 is 24.8 Å². The fourth-order valence-electron chi connectivity index (χ4n) is 1.94. The van der Waals surface area contributed by atoms with Gasteiger partial charge in [-0.15, -0.1) is 42.8 Å². The normalized spacial score (nSPS) is 7.86. The third kappa shape index (κ3) is 9.40. The first-order valence-electron chi connectivity index (χ1n) is 6.71. The second-order valence-corrected chi connectivity index (χ2v) is 4.20. The van der Waals surface area contributed by atoms with Crippen LogP contribution in [0, 0.1) is 0 Å². The van der Waals surface area contributed by atoms with Crippen molar-refractivity contribution in [1.82, 2.24) is 0 Å². The maximum Gasteiger partial charge on any atom is 4.00 e. The van der Waals surface area contributed by atoms with Gasteiger partial charge in [-0.05, 0) is 0 Å². The van der Waals surface area contributed by atoms with E-state index in [0.29, 0.717) is 0 Å². The second-order valence-electron chi connectivity index (χ2n) is 4.20. The van der Waals surface area contributed by atoms with Gasteiger partial charge in [-0.25, -0.2) is 12.1 Å². The van der Waals surface area contributed by atoms with Crippen molar-refractivity contribution in [3.63, 3.8) is 0 Å². The monoisotopic (exact) mass is 500 g/mol. The molecule has 116 valence electrons. The van der Waals surface area contributed by atoms with Crippen molar-refractivity contribution < 1.29 is 50.7 Å². The third-order valence-electron chi connectivity index (χ3n) is 2.82. The summed E-state index contributed by atoms with van der Waals surface area (Å²) < 4.78 is 0. The molecule has 0 atom stereocenters. The fourth-order valence-corrected chi connectivity index (χ4v) is 1.94. The molecular weight excluding hydrogens is 478 g/mol. The number of benzene rings is 1. The molecule has 3 aromatic rings. The molecule has 3 aromatic carbocycles. The molecule has 0 fully saturated rings. The molecule has 0 spiro atoms. The van der Waals surface area contributed by atoms with Gasteiger partial charge in [0.25, 0.3) is 0 Å². The molecule has 0 aliphatic carbocycles. The molecule has 0 N–H and O–H groups in total. The number of fused-ring (bicyclic) bond motifs is 1. The summed E-state index contributed by atoms with van der Waals surface area (Å²) in [6.07, 6.45) is 2.48. The first-order valence-corrected chi connectivity index (χ1v) is 6.71. The third-order valence-corrected chi connectivity index (χ3v) is 2.82. The Bertz CT molecular complexity index is 525. The van der Waals surface area contributed by atoms with Gasteiger partial charge in [0.15, 0.2) is 0 Å². The molecule has 0 saturated heterocycles. The largest absolute Gasteiger partial charge is 4.00 e. The van der Waals surface area contributed by atoms with E-state index in [1.54, 1.807) is 0 Å². The van der Waals surface area contributed by atoms with Crippen LogP contribution in [0.4, 0.5) is 0 Å². The number of aryl methyl sites for hydroxylation is 1. The van der Waals surface area contributed by atoms with E-state index in [4.69, 9.17) is 0 Å². The Hall–Kier alpha value is -0.630. The van der Waals surface area contributed by atoms with Crippen molar-refractivity contribution in [2.75, 3.05) is 0 Å². The van der Waals surface area contributed by atoms with Crippen molar-refractivity contribution in [1.29, 1.82) is 0 Å². The van der Waals surface area contributed by atoms with E-state index >= 15 is 0 Å². The molecule has 0 unspecified atom stereocenters. The Morgan fingerprint density at radius 1 is 0.955 bits per heavy atom. The number of halogens is 2. The molecule has 3 rings (SSSR count). The Labute approximate surface area is 166 Å². The number of hydrogen-bond donors (Lipinski definition) is 0. The van der Waals surface area contributed by atoms with E-state index in [9.17, 15) is 0 Å². The summed E-state index contributed by atoms with van der Waals surface area (Å²) >= 11 is 0. The molecule has 0 nitrogen and oxygen atoms in total. The van der Waals surface area contributed by atoms with Crippen molar-refractivity contribution in [3.05, 3.63) is 85.5 Å². The topological polar surface area (TPSA) is 0 Å². The summed E-state index contributed by atoms with van der Waals surface area (Å²) in [7, 11) is 0. The molecule has 0 amide bonds. The van der Waals surface area contributed by atoms with Gasteiger partial charge in [-0.3, -0.25) is 0 Å². The summed E-state index contributed by atoms with van der Waals surface area (Å²) in [6.45, 7) is 8.20. The first kappa shape index (κ1) is 26.3. The van der Waals surface area contributed by atoms with Gasteiger partial charge in [0.1, 0.15) is 0 Å². The van der Waals surface area contributed by atoms with Crippen LogP contribution in [0.1, 0.15) is 18.9 Å². The minimum atomic E-state index is 0. The van der Waals surface area contributed by atoms with E-state index in [2.05, 4.69) is 86.8 Å².